The van der Waals surface area contributed by atoms with E-state index in [1.807, 2.05) is 45.9 Å². The van der Waals surface area contributed by atoms with Crippen LogP contribution in [-0.2, 0) is 18.8 Å². The van der Waals surface area contributed by atoms with Gasteiger partial charge < -0.3 is 18.8 Å². The molecule has 3 rings (SSSR count). The van der Waals surface area contributed by atoms with Gasteiger partial charge in [-0.1, -0.05) is 12.1 Å². The first-order valence-corrected chi connectivity index (χ1v) is 8.91. The summed E-state index contributed by atoms with van der Waals surface area (Å²) < 4.78 is 22.8. The average Bonchev–Trinajstić information content (AvgIpc) is 2.82. The van der Waals surface area contributed by atoms with Crippen LogP contribution >= 0.6 is 0 Å². The number of hydrogen-bond acceptors (Lipinski definition) is 5. The summed E-state index contributed by atoms with van der Waals surface area (Å²) in [6.07, 6.45) is 2.02. The second kappa shape index (κ2) is 6.74. The number of benzene rings is 1. The van der Waals surface area contributed by atoms with Gasteiger partial charge in [0.05, 0.1) is 30.5 Å². The minimum absolute atomic E-state index is 0.218. The maximum Gasteiger partial charge on any atom is 0.494 e. The van der Waals surface area contributed by atoms with Crippen molar-refractivity contribution in [1.29, 1.82) is 0 Å². The van der Waals surface area contributed by atoms with Crippen LogP contribution in [-0.4, -0.2) is 44.6 Å². The predicted octanol–water partition coefficient (Wildman–Crippen LogP) is 2.67. The van der Waals surface area contributed by atoms with Crippen molar-refractivity contribution in [2.24, 2.45) is 0 Å². The molecule has 1 unspecified atom stereocenters. The first-order chi connectivity index (χ1) is 11.7. The summed E-state index contributed by atoms with van der Waals surface area (Å²) in [5.41, 5.74) is 1.55. The third kappa shape index (κ3) is 3.48. The molecule has 0 aliphatic carbocycles. The Morgan fingerprint density at radius 2 is 1.88 bits per heavy atom. The van der Waals surface area contributed by atoms with Crippen LogP contribution in [0.2, 0.25) is 0 Å². The van der Waals surface area contributed by atoms with Gasteiger partial charge in [0.15, 0.2) is 0 Å². The molecule has 2 fully saturated rings. The van der Waals surface area contributed by atoms with E-state index in [-0.39, 0.29) is 11.9 Å². The fourth-order valence-electron chi connectivity index (χ4n) is 3.33. The van der Waals surface area contributed by atoms with E-state index in [4.69, 9.17) is 18.8 Å². The lowest BCUT2D eigenvalue weighted by Crippen LogP contribution is -2.41. The highest BCUT2D eigenvalue weighted by Crippen LogP contribution is 2.37. The Bertz CT molecular complexity index is 633. The zero-order chi connectivity index (χ0) is 18.2. The van der Waals surface area contributed by atoms with Gasteiger partial charge in [0.1, 0.15) is 0 Å². The van der Waals surface area contributed by atoms with Crippen LogP contribution in [0, 0.1) is 0 Å². The van der Waals surface area contributed by atoms with Gasteiger partial charge >= 0.3 is 13.1 Å². The van der Waals surface area contributed by atoms with Crippen LogP contribution in [0.5, 0.6) is 0 Å². The van der Waals surface area contributed by atoms with Gasteiger partial charge in [-0.15, -0.1) is 0 Å². The number of hydrogen-bond donors (Lipinski definition) is 0. The molecule has 2 aliphatic rings. The molecule has 2 heterocycles. The minimum Gasteiger partial charge on any atom is -0.465 e. The van der Waals surface area contributed by atoms with E-state index in [0.29, 0.717) is 12.2 Å². The molecule has 0 aromatic heterocycles. The van der Waals surface area contributed by atoms with Gasteiger partial charge in [0.25, 0.3) is 0 Å². The molecule has 5 nitrogen and oxygen atoms in total. The van der Waals surface area contributed by atoms with Crippen LogP contribution in [0.4, 0.5) is 0 Å². The van der Waals surface area contributed by atoms with Crippen molar-refractivity contribution in [3.05, 3.63) is 29.3 Å². The van der Waals surface area contributed by atoms with Crippen molar-refractivity contribution in [2.75, 3.05) is 20.3 Å². The number of carbonyl (C=O) groups is 1. The predicted molar refractivity (Wildman–Crippen MR) is 96.3 cm³/mol. The highest BCUT2D eigenvalue weighted by atomic mass is 16.7. The third-order valence-electron chi connectivity index (χ3n) is 5.61. The van der Waals surface area contributed by atoms with E-state index in [0.717, 1.165) is 30.5 Å². The van der Waals surface area contributed by atoms with Crippen molar-refractivity contribution in [3.8, 4) is 0 Å². The van der Waals surface area contributed by atoms with E-state index in [1.54, 1.807) is 0 Å². The summed E-state index contributed by atoms with van der Waals surface area (Å²) in [6.45, 7) is 9.49. The maximum absolute atomic E-state index is 12.4. The number of carbonyl (C=O) groups excluding carboxylic acids is 1. The third-order valence-corrected chi connectivity index (χ3v) is 5.61. The van der Waals surface area contributed by atoms with E-state index in [1.165, 1.54) is 7.11 Å². The maximum atomic E-state index is 12.4. The summed E-state index contributed by atoms with van der Waals surface area (Å²) >= 11 is 0. The number of esters is 1. The molecule has 0 saturated carbocycles. The fourth-order valence-corrected chi connectivity index (χ4v) is 3.33. The first-order valence-electron chi connectivity index (χ1n) is 8.91. The second-order valence-electron chi connectivity index (χ2n) is 7.84. The molecule has 0 bridgehead atoms. The minimum atomic E-state index is -0.495. The Balaban J connectivity index is 1.93. The van der Waals surface area contributed by atoms with E-state index >= 15 is 0 Å². The molecule has 1 aromatic rings. The van der Waals surface area contributed by atoms with E-state index in [2.05, 4.69) is 0 Å². The van der Waals surface area contributed by atoms with E-state index < -0.39 is 18.3 Å². The Kier molecular flexibility index (Phi) is 4.97. The van der Waals surface area contributed by atoms with Crippen molar-refractivity contribution < 1.29 is 23.6 Å². The molecular weight excluding hydrogens is 319 g/mol. The molecule has 25 heavy (non-hydrogen) atoms. The first kappa shape index (κ1) is 18.4. The monoisotopic (exact) mass is 346 g/mol. The highest BCUT2D eigenvalue weighted by Gasteiger charge is 2.51. The largest absolute Gasteiger partial charge is 0.494 e. The molecule has 2 saturated heterocycles. The zero-order valence-electron chi connectivity index (χ0n) is 15.8. The molecule has 0 radical (unpaired) electrons. The number of methoxy groups -OCH3 is 1. The molecular formula is C19H27BO5. The molecule has 1 atom stereocenters. The lowest BCUT2D eigenvalue weighted by molar-refractivity contribution is 0.00578. The summed E-state index contributed by atoms with van der Waals surface area (Å²) in [7, 11) is 0.912. The van der Waals surface area contributed by atoms with Gasteiger partial charge in [-0.3, -0.25) is 0 Å². The summed E-state index contributed by atoms with van der Waals surface area (Å²) in [6, 6.07) is 5.82. The van der Waals surface area contributed by atoms with Crippen molar-refractivity contribution in [2.45, 2.75) is 57.7 Å². The Morgan fingerprint density at radius 3 is 2.44 bits per heavy atom. The zero-order valence-corrected chi connectivity index (χ0v) is 15.8. The van der Waals surface area contributed by atoms with Gasteiger partial charge in [-0.05, 0) is 57.6 Å². The van der Waals surface area contributed by atoms with Gasteiger partial charge in [-0.25, -0.2) is 4.79 Å². The van der Waals surface area contributed by atoms with Gasteiger partial charge in [-0.2, -0.15) is 0 Å². The lowest BCUT2D eigenvalue weighted by Gasteiger charge is -2.32. The summed E-state index contributed by atoms with van der Waals surface area (Å²) in [5.74, 6) is -0.117. The van der Waals surface area contributed by atoms with Crippen LogP contribution in [0.3, 0.4) is 0 Å². The Morgan fingerprint density at radius 1 is 1.20 bits per heavy atom. The Labute approximate surface area is 150 Å². The van der Waals surface area contributed by atoms with Crippen LogP contribution in [0.15, 0.2) is 18.2 Å². The fraction of sp³-hybridized carbons (Fsp3) is 0.632. The molecule has 0 amide bonds. The normalized spacial score (nSPS) is 25.0. The van der Waals surface area contributed by atoms with Gasteiger partial charge in [0.2, 0.25) is 0 Å². The molecule has 0 N–H and O–H groups in total. The highest BCUT2D eigenvalue weighted by molar-refractivity contribution is 6.62. The quantitative estimate of drug-likeness (QED) is 0.622. The van der Waals surface area contributed by atoms with Crippen molar-refractivity contribution in [1.82, 2.24) is 0 Å². The van der Waals surface area contributed by atoms with Gasteiger partial charge in [0, 0.05) is 12.5 Å². The summed E-state index contributed by atoms with van der Waals surface area (Å²) in [4.78, 5) is 12.4. The SMILES string of the molecule is COC(=O)c1cc(B2OC(C)(C)C(C)(C)O2)ccc1C1CCCOC1. The second-order valence-corrected chi connectivity index (χ2v) is 7.84. The van der Waals surface area contributed by atoms with Crippen LogP contribution < -0.4 is 5.46 Å². The molecule has 2 aliphatic heterocycles. The smallest absolute Gasteiger partial charge is 0.465 e. The Hall–Kier alpha value is -1.37. The molecule has 0 spiro atoms. The molecule has 1 aromatic carbocycles. The lowest BCUT2D eigenvalue weighted by atomic mass is 9.76. The van der Waals surface area contributed by atoms with Crippen LogP contribution in [0.1, 0.15) is 62.4 Å². The average molecular weight is 346 g/mol. The summed E-state index contributed by atoms with van der Waals surface area (Å²) in [5, 5.41) is 0. The number of ether oxygens (including phenoxy) is 2. The molecule has 136 valence electrons. The topological polar surface area (TPSA) is 54.0 Å². The van der Waals surface area contributed by atoms with E-state index in [9.17, 15) is 4.79 Å². The molecule has 6 heteroatoms. The van der Waals surface area contributed by atoms with Crippen LogP contribution in [0.25, 0.3) is 0 Å². The standard InChI is InChI=1S/C19H27BO5/c1-18(2)19(3,4)25-20(24-18)14-8-9-15(13-7-6-10-23-12-13)16(11-14)17(21)22-5/h8-9,11,13H,6-7,10,12H2,1-5H3. The van der Waals surface area contributed by atoms with Crippen molar-refractivity contribution >= 4 is 18.6 Å². The number of rotatable bonds is 3. The van der Waals surface area contributed by atoms with Crippen molar-refractivity contribution in [3.63, 3.8) is 0 Å².